The Hall–Kier alpha value is -2.14. The molecule has 1 amide bonds. The maximum Gasteiger partial charge on any atom is 0.264 e. The molecule has 128 valence electrons. The van der Waals surface area contributed by atoms with Crippen LogP contribution in [0.1, 0.15) is 61.2 Å². The predicted molar refractivity (Wildman–Crippen MR) is 95.6 cm³/mol. The average Bonchev–Trinajstić information content (AvgIpc) is 2.45. The Bertz CT molecular complexity index is 822. The number of hydrogen-bond donors (Lipinski definition) is 2. The summed E-state index contributed by atoms with van der Waals surface area (Å²) in [7, 11) is 0. The minimum atomic E-state index is -0.464. The number of hydrogen-bond acceptors (Lipinski definition) is 3. The van der Waals surface area contributed by atoms with Crippen LogP contribution < -0.4 is 10.9 Å². The third-order valence-electron chi connectivity index (χ3n) is 3.76. The normalized spacial score (nSPS) is 12.8. The zero-order valence-corrected chi connectivity index (χ0v) is 15.3. The van der Waals surface area contributed by atoms with E-state index in [4.69, 9.17) is 11.6 Å². The number of benzene rings is 1. The summed E-state index contributed by atoms with van der Waals surface area (Å²) in [6, 6.07) is 6.95. The van der Waals surface area contributed by atoms with Gasteiger partial charge in [-0.25, -0.2) is 4.98 Å². The maximum absolute atomic E-state index is 12.5. The molecule has 24 heavy (non-hydrogen) atoms. The Labute approximate surface area is 146 Å². The van der Waals surface area contributed by atoms with E-state index >= 15 is 0 Å². The Morgan fingerprint density at radius 1 is 1.29 bits per heavy atom. The van der Waals surface area contributed by atoms with Gasteiger partial charge in [0.2, 0.25) is 0 Å². The van der Waals surface area contributed by atoms with Crippen molar-refractivity contribution in [1.82, 2.24) is 15.3 Å². The van der Waals surface area contributed by atoms with Crippen LogP contribution in [0.25, 0.3) is 0 Å². The highest BCUT2D eigenvalue weighted by atomic mass is 35.5. The number of carbonyl (C=O) groups excluding carboxylic acids is 1. The molecule has 2 N–H and O–H groups in total. The van der Waals surface area contributed by atoms with Crippen molar-refractivity contribution < 1.29 is 4.79 Å². The second-order valence-corrected chi connectivity index (χ2v) is 7.25. The quantitative estimate of drug-likeness (QED) is 0.892. The van der Waals surface area contributed by atoms with Gasteiger partial charge in [-0.1, -0.05) is 50.6 Å². The van der Waals surface area contributed by atoms with Gasteiger partial charge in [-0.3, -0.25) is 9.59 Å². The Balaban J connectivity index is 2.31. The van der Waals surface area contributed by atoms with Crippen LogP contribution in [0.4, 0.5) is 0 Å². The van der Waals surface area contributed by atoms with Crippen LogP contribution in [0.2, 0.25) is 5.02 Å². The monoisotopic (exact) mass is 347 g/mol. The highest BCUT2D eigenvalue weighted by Crippen LogP contribution is 2.22. The van der Waals surface area contributed by atoms with E-state index in [1.54, 1.807) is 13.0 Å². The standard InChI is InChI=1S/C18H22ClN3O2/c1-10(12-8-6-7-9-13(12)19)20-15(23)14-11(2)21-17(18(3,4)5)22-16(14)24/h6-10H,1-5H3,(H,20,23)(H,21,22,24). The molecule has 0 fully saturated rings. The number of rotatable bonds is 3. The van der Waals surface area contributed by atoms with Gasteiger partial charge < -0.3 is 10.3 Å². The van der Waals surface area contributed by atoms with Crippen molar-refractivity contribution in [2.24, 2.45) is 0 Å². The zero-order valence-electron chi connectivity index (χ0n) is 14.5. The highest BCUT2D eigenvalue weighted by molar-refractivity contribution is 6.31. The Morgan fingerprint density at radius 3 is 2.46 bits per heavy atom. The van der Waals surface area contributed by atoms with E-state index < -0.39 is 11.5 Å². The molecule has 1 atom stereocenters. The summed E-state index contributed by atoms with van der Waals surface area (Å²) >= 11 is 6.15. The molecule has 0 spiro atoms. The van der Waals surface area contributed by atoms with Gasteiger partial charge in [-0.05, 0) is 25.5 Å². The van der Waals surface area contributed by atoms with Crippen molar-refractivity contribution in [3.8, 4) is 0 Å². The van der Waals surface area contributed by atoms with Crippen molar-refractivity contribution in [1.29, 1.82) is 0 Å². The van der Waals surface area contributed by atoms with Gasteiger partial charge in [0.1, 0.15) is 11.4 Å². The molecule has 0 saturated carbocycles. The highest BCUT2D eigenvalue weighted by Gasteiger charge is 2.23. The first-order valence-corrected chi connectivity index (χ1v) is 8.15. The number of halogens is 1. The number of nitrogens with zero attached hydrogens (tertiary/aromatic N) is 1. The zero-order chi connectivity index (χ0) is 18.1. The van der Waals surface area contributed by atoms with Crippen molar-refractivity contribution in [2.45, 2.75) is 46.1 Å². The Morgan fingerprint density at radius 2 is 1.92 bits per heavy atom. The minimum Gasteiger partial charge on any atom is -0.345 e. The molecule has 1 heterocycles. The molecule has 1 aromatic carbocycles. The summed E-state index contributed by atoms with van der Waals surface area (Å²) in [6.07, 6.45) is 0. The van der Waals surface area contributed by atoms with Crippen LogP contribution in [-0.2, 0) is 5.41 Å². The van der Waals surface area contributed by atoms with Crippen LogP contribution in [0, 0.1) is 6.92 Å². The van der Waals surface area contributed by atoms with Crippen LogP contribution in [-0.4, -0.2) is 15.9 Å². The second-order valence-electron chi connectivity index (χ2n) is 6.84. The van der Waals surface area contributed by atoms with Gasteiger partial charge in [-0.2, -0.15) is 0 Å². The van der Waals surface area contributed by atoms with Gasteiger partial charge in [-0.15, -0.1) is 0 Å². The number of aromatic amines is 1. The van der Waals surface area contributed by atoms with E-state index in [0.717, 1.165) is 5.56 Å². The summed E-state index contributed by atoms with van der Waals surface area (Å²) in [5.74, 6) is 0.0924. The first-order valence-electron chi connectivity index (χ1n) is 7.78. The number of nitrogens with one attached hydrogen (secondary N) is 2. The van der Waals surface area contributed by atoms with Crippen molar-refractivity contribution in [3.05, 3.63) is 62.3 Å². The molecule has 0 aliphatic rings. The lowest BCUT2D eigenvalue weighted by molar-refractivity contribution is 0.0937. The van der Waals surface area contributed by atoms with Gasteiger partial charge in [0, 0.05) is 10.4 Å². The SMILES string of the molecule is Cc1nc(C(C)(C)C)[nH]c(=O)c1C(=O)NC(C)c1ccccc1Cl. The van der Waals surface area contributed by atoms with Crippen molar-refractivity contribution in [3.63, 3.8) is 0 Å². The molecule has 2 aromatic rings. The van der Waals surface area contributed by atoms with E-state index in [-0.39, 0.29) is 17.0 Å². The van der Waals surface area contributed by atoms with Crippen molar-refractivity contribution in [2.75, 3.05) is 0 Å². The average molecular weight is 348 g/mol. The molecule has 5 nitrogen and oxygen atoms in total. The molecular weight excluding hydrogens is 326 g/mol. The fourth-order valence-electron chi connectivity index (χ4n) is 2.38. The molecule has 1 aromatic heterocycles. The largest absolute Gasteiger partial charge is 0.345 e. The summed E-state index contributed by atoms with van der Waals surface area (Å²) in [5, 5.41) is 3.38. The minimum absolute atomic E-state index is 0.0295. The summed E-state index contributed by atoms with van der Waals surface area (Å²) in [4.78, 5) is 32.0. The lowest BCUT2D eigenvalue weighted by atomic mass is 9.95. The van der Waals surface area contributed by atoms with Crippen LogP contribution in [0.15, 0.2) is 29.1 Å². The Kier molecular flexibility index (Phi) is 5.13. The van der Waals surface area contributed by atoms with Crippen LogP contribution in [0.5, 0.6) is 0 Å². The molecule has 6 heteroatoms. The van der Waals surface area contributed by atoms with E-state index in [1.165, 1.54) is 0 Å². The number of amides is 1. The lowest BCUT2D eigenvalue weighted by Gasteiger charge is -2.19. The summed E-state index contributed by atoms with van der Waals surface area (Å²) < 4.78 is 0. The summed E-state index contributed by atoms with van der Waals surface area (Å²) in [5.41, 5.74) is 0.496. The van der Waals surface area contributed by atoms with E-state index in [0.29, 0.717) is 16.5 Å². The third-order valence-corrected chi connectivity index (χ3v) is 4.10. The first-order chi connectivity index (χ1) is 11.1. The summed E-state index contributed by atoms with van der Waals surface area (Å²) in [6.45, 7) is 9.33. The molecule has 0 bridgehead atoms. The smallest absolute Gasteiger partial charge is 0.264 e. The fraction of sp³-hybridized carbons (Fsp3) is 0.389. The van der Waals surface area contributed by atoms with Crippen LogP contribution >= 0.6 is 11.6 Å². The van der Waals surface area contributed by atoms with Crippen molar-refractivity contribution >= 4 is 17.5 Å². The molecule has 0 aliphatic heterocycles. The predicted octanol–water partition coefficient (Wildman–Crippen LogP) is 3.52. The molecule has 0 radical (unpaired) electrons. The van der Waals surface area contributed by atoms with E-state index in [9.17, 15) is 9.59 Å². The third kappa shape index (κ3) is 3.85. The number of H-pyrrole nitrogens is 1. The lowest BCUT2D eigenvalue weighted by Crippen LogP contribution is -2.35. The van der Waals surface area contributed by atoms with E-state index in [2.05, 4.69) is 15.3 Å². The maximum atomic E-state index is 12.5. The first kappa shape index (κ1) is 18.2. The molecule has 2 rings (SSSR count). The fourth-order valence-corrected chi connectivity index (χ4v) is 2.68. The van der Waals surface area contributed by atoms with Gasteiger partial charge in [0.15, 0.2) is 0 Å². The van der Waals surface area contributed by atoms with Gasteiger partial charge in [0.25, 0.3) is 11.5 Å². The van der Waals surface area contributed by atoms with Crippen LogP contribution in [0.3, 0.4) is 0 Å². The van der Waals surface area contributed by atoms with E-state index in [1.807, 2.05) is 45.9 Å². The number of carbonyl (C=O) groups is 1. The second kappa shape index (κ2) is 6.77. The molecule has 1 unspecified atom stereocenters. The number of aromatic nitrogens is 2. The molecule has 0 aliphatic carbocycles. The van der Waals surface area contributed by atoms with Gasteiger partial charge in [0.05, 0.1) is 11.7 Å². The number of aryl methyl sites for hydroxylation is 1. The topological polar surface area (TPSA) is 74.8 Å². The van der Waals surface area contributed by atoms with Gasteiger partial charge >= 0.3 is 0 Å². The molecule has 0 saturated heterocycles. The molecular formula is C18H22ClN3O2.